The summed E-state index contributed by atoms with van der Waals surface area (Å²) in [6, 6.07) is 7.20. The van der Waals surface area contributed by atoms with Crippen molar-refractivity contribution in [1.29, 1.82) is 0 Å². The largest absolute Gasteiger partial charge is 0.325 e. The highest BCUT2D eigenvalue weighted by Crippen LogP contribution is 2.25. The number of hydrogen-bond donors (Lipinski definition) is 2. The summed E-state index contributed by atoms with van der Waals surface area (Å²) in [5, 5.41) is 5.90. The Kier molecular flexibility index (Phi) is 4.90. The Labute approximate surface area is 159 Å². The monoisotopic (exact) mass is 364 g/mol. The van der Waals surface area contributed by atoms with Gasteiger partial charge in [0.2, 0.25) is 5.91 Å². The summed E-state index contributed by atoms with van der Waals surface area (Å²) >= 11 is 0. The van der Waals surface area contributed by atoms with Gasteiger partial charge in [0.25, 0.3) is 5.91 Å². The van der Waals surface area contributed by atoms with Crippen LogP contribution in [0.5, 0.6) is 0 Å². The smallest absolute Gasteiger partial charge is 0.257 e. The van der Waals surface area contributed by atoms with Gasteiger partial charge in [-0.25, -0.2) is 0 Å². The molecule has 0 saturated carbocycles. The third-order valence-corrected chi connectivity index (χ3v) is 5.48. The quantitative estimate of drug-likeness (QED) is 0.875. The van der Waals surface area contributed by atoms with Crippen molar-refractivity contribution < 1.29 is 9.59 Å². The molecule has 1 aliphatic heterocycles. The lowest BCUT2D eigenvalue weighted by Gasteiger charge is -2.19. The summed E-state index contributed by atoms with van der Waals surface area (Å²) in [7, 11) is 1.97. The number of amides is 2. The van der Waals surface area contributed by atoms with Crippen LogP contribution >= 0.6 is 0 Å². The van der Waals surface area contributed by atoms with E-state index in [4.69, 9.17) is 0 Å². The lowest BCUT2D eigenvalue weighted by atomic mass is 10.1. The standard InChI is InChI=1S/C21H24N4O2/c1-25-10-4-9-19(25)21(27)24-16-7-3-6-15(11-16)23-20(26)18-13-22-12-14-5-2-8-17(14)18/h3,6-7,11-13,19H,2,4-5,8-10H2,1H3,(H,23,26)(H,24,27)/t19-/m1/s1. The van der Waals surface area contributed by atoms with Gasteiger partial charge < -0.3 is 10.6 Å². The van der Waals surface area contributed by atoms with Gasteiger partial charge in [-0.05, 0) is 75.0 Å². The zero-order valence-corrected chi connectivity index (χ0v) is 15.5. The fraction of sp³-hybridized carbons (Fsp3) is 0.381. The van der Waals surface area contributed by atoms with Gasteiger partial charge in [-0.2, -0.15) is 0 Å². The molecule has 2 aliphatic rings. The van der Waals surface area contributed by atoms with Crippen LogP contribution in [0.15, 0.2) is 36.7 Å². The number of likely N-dealkylation sites (tertiary alicyclic amines) is 1. The third-order valence-electron chi connectivity index (χ3n) is 5.48. The van der Waals surface area contributed by atoms with Crippen LogP contribution in [-0.2, 0) is 17.6 Å². The number of nitrogens with one attached hydrogen (secondary N) is 2. The molecule has 1 fully saturated rings. The van der Waals surface area contributed by atoms with E-state index in [0.29, 0.717) is 16.9 Å². The van der Waals surface area contributed by atoms with E-state index in [1.807, 2.05) is 31.4 Å². The van der Waals surface area contributed by atoms with Gasteiger partial charge >= 0.3 is 0 Å². The van der Waals surface area contributed by atoms with E-state index in [1.165, 1.54) is 5.56 Å². The van der Waals surface area contributed by atoms with E-state index < -0.39 is 0 Å². The van der Waals surface area contributed by atoms with Crippen molar-refractivity contribution in [3.05, 3.63) is 53.3 Å². The average molecular weight is 364 g/mol. The minimum atomic E-state index is -0.153. The number of aryl methyl sites for hydroxylation is 1. The van der Waals surface area contributed by atoms with E-state index in [0.717, 1.165) is 44.2 Å². The summed E-state index contributed by atoms with van der Waals surface area (Å²) in [6.45, 7) is 0.948. The second-order valence-electron chi connectivity index (χ2n) is 7.34. The maximum Gasteiger partial charge on any atom is 0.257 e. The number of pyridine rings is 1. The lowest BCUT2D eigenvalue weighted by Crippen LogP contribution is -2.37. The van der Waals surface area contributed by atoms with Gasteiger partial charge in [0, 0.05) is 23.8 Å². The maximum atomic E-state index is 12.7. The van der Waals surface area contributed by atoms with Crippen LogP contribution in [0.25, 0.3) is 0 Å². The molecule has 6 heteroatoms. The first kappa shape index (κ1) is 17.7. The van der Waals surface area contributed by atoms with E-state index in [-0.39, 0.29) is 17.9 Å². The van der Waals surface area contributed by atoms with Gasteiger partial charge in [-0.3, -0.25) is 19.5 Å². The molecule has 1 atom stereocenters. The predicted octanol–water partition coefficient (Wildman–Crippen LogP) is 2.86. The highest BCUT2D eigenvalue weighted by Gasteiger charge is 2.27. The topological polar surface area (TPSA) is 74.3 Å². The molecular weight excluding hydrogens is 340 g/mol. The number of nitrogens with zero attached hydrogens (tertiary/aromatic N) is 2. The number of hydrogen-bond acceptors (Lipinski definition) is 4. The Balaban J connectivity index is 1.46. The number of aromatic nitrogens is 1. The van der Waals surface area contributed by atoms with Gasteiger partial charge in [0.05, 0.1) is 11.6 Å². The number of carbonyl (C=O) groups excluding carboxylic acids is 2. The summed E-state index contributed by atoms with van der Waals surface area (Å²) in [4.78, 5) is 31.5. The third kappa shape index (κ3) is 3.71. The van der Waals surface area contributed by atoms with Crippen LogP contribution in [0.4, 0.5) is 11.4 Å². The predicted molar refractivity (Wildman–Crippen MR) is 105 cm³/mol. The lowest BCUT2D eigenvalue weighted by molar-refractivity contribution is -0.119. The van der Waals surface area contributed by atoms with E-state index in [2.05, 4.69) is 20.5 Å². The number of likely N-dealkylation sites (N-methyl/N-ethyl adjacent to an activating group) is 1. The van der Waals surface area contributed by atoms with Crippen molar-refractivity contribution in [2.24, 2.45) is 0 Å². The minimum Gasteiger partial charge on any atom is -0.325 e. The second kappa shape index (κ2) is 7.48. The first-order valence-corrected chi connectivity index (χ1v) is 9.50. The highest BCUT2D eigenvalue weighted by atomic mass is 16.2. The fourth-order valence-electron chi connectivity index (χ4n) is 4.03. The molecule has 2 amide bonds. The molecule has 2 heterocycles. The fourth-order valence-corrected chi connectivity index (χ4v) is 4.03. The van der Waals surface area contributed by atoms with E-state index >= 15 is 0 Å². The zero-order valence-electron chi connectivity index (χ0n) is 15.5. The Morgan fingerprint density at radius 1 is 1.11 bits per heavy atom. The van der Waals surface area contributed by atoms with Gasteiger partial charge in [-0.15, -0.1) is 0 Å². The van der Waals surface area contributed by atoms with Crippen LogP contribution in [0.1, 0.15) is 40.7 Å². The molecule has 6 nitrogen and oxygen atoms in total. The van der Waals surface area contributed by atoms with E-state index in [1.54, 1.807) is 12.3 Å². The van der Waals surface area contributed by atoms with Crippen molar-refractivity contribution in [2.45, 2.75) is 38.1 Å². The second-order valence-corrected chi connectivity index (χ2v) is 7.34. The van der Waals surface area contributed by atoms with Gasteiger partial charge in [0.15, 0.2) is 0 Å². The molecule has 27 heavy (non-hydrogen) atoms. The first-order valence-electron chi connectivity index (χ1n) is 9.50. The van der Waals surface area contributed by atoms with Crippen molar-refractivity contribution in [1.82, 2.24) is 9.88 Å². The normalized spacial score (nSPS) is 18.9. The molecule has 2 N–H and O–H groups in total. The van der Waals surface area contributed by atoms with Crippen LogP contribution in [0.2, 0.25) is 0 Å². The number of benzene rings is 1. The van der Waals surface area contributed by atoms with Crippen LogP contribution in [0, 0.1) is 0 Å². The van der Waals surface area contributed by atoms with Crippen molar-refractivity contribution in [3.8, 4) is 0 Å². The summed E-state index contributed by atoms with van der Waals surface area (Å²) < 4.78 is 0. The zero-order chi connectivity index (χ0) is 18.8. The minimum absolute atomic E-state index is 0.00329. The molecule has 2 aromatic rings. The average Bonchev–Trinajstić information content (AvgIpc) is 3.30. The molecule has 0 radical (unpaired) electrons. The maximum absolute atomic E-state index is 12.7. The number of fused-ring (bicyclic) bond motifs is 1. The number of rotatable bonds is 4. The Morgan fingerprint density at radius 2 is 1.93 bits per heavy atom. The van der Waals surface area contributed by atoms with Crippen molar-refractivity contribution >= 4 is 23.2 Å². The molecule has 4 rings (SSSR count). The summed E-state index contributed by atoms with van der Waals surface area (Å²) in [5.74, 6) is -0.149. The molecule has 1 aromatic heterocycles. The molecule has 1 aliphatic carbocycles. The van der Waals surface area contributed by atoms with Crippen LogP contribution < -0.4 is 10.6 Å². The molecule has 0 bridgehead atoms. The molecular formula is C21H24N4O2. The summed E-state index contributed by atoms with van der Waals surface area (Å²) in [5.41, 5.74) is 4.27. The molecule has 1 saturated heterocycles. The number of carbonyl (C=O) groups is 2. The first-order chi connectivity index (χ1) is 13.1. The van der Waals surface area contributed by atoms with Gasteiger partial charge in [-0.1, -0.05) is 6.07 Å². The molecule has 1 aromatic carbocycles. The van der Waals surface area contributed by atoms with E-state index in [9.17, 15) is 9.59 Å². The SMILES string of the molecule is CN1CCC[C@@H]1C(=O)Nc1cccc(NC(=O)c2cncc3c2CCC3)c1. The van der Waals surface area contributed by atoms with Crippen molar-refractivity contribution in [3.63, 3.8) is 0 Å². The molecule has 0 spiro atoms. The number of anilines is 2. The highest BCUT2D eigenvalue weighted by molar-refractivity contribution is 6.06. The summed E-state index contributed by atoms with van der Waals surface area (Å²) in [6.07, 6.45) is 8.39. The van der Waals surface area contributed by atoms with Crippen LogP contribution in [0.3, 0.4) is 0 Å². The van der Waals surface area contributed by atoms with Crippen molar-refractivity contribution in [2.75, 3.05) is 24.2 Å². The Bertz CT molecular complexity index is 880. The van der Waals surface area contributed by atoms with Gasteiger partial charge in [0.1, 0.15) is 0 Å². The van der Waals surface area contributed by atoms with Crippen LogP contribution in [-0.4, -0.2) is 41.3 Å². The Morgan fingerprint density at radius 3 is 2.70 bits per heavy atom. The Hall–Kier alpha value is -2.73. The molecule has 140 valence electrons. The molecule has 0 unspecified atom stereocenters.